The molecule has 0 atom stereocenters. The van der Waals surface area contributed by atoms with Crippen molar-refractivity contribution in [2.75, 3.05) is 39.8 Å². The van der Waals surface area contributed by atoms with Gasteiger partial charge in [0.1, 0.15) is 0 Å². The van der Waals surface area contributed by atoms with E-state index < -0.39 is 0 Å². The Balaban J connectivity index is 1.56. The number of amides is 1. The molecule has 29 heavy (non-hydrogen) atoms. The van der Waals surface area contributed by atoms with E-state index in [2.05, 4.69) is 65.6 Å². The summed E-state index contributed by atoms with van der Waals surface area (Å²) in [5.74, 6) is 0.731. The van der Waals surface area contributed by atoms with Gasteiger partial charge in [0.25, 0.3) is 5.91 Å². The number of likely N-dealkylation sites (N-methyl/N-ethyl adjacent to an activating group) is 1. The third-order valence-electron chi connectivity index (χ3n) is 6.09. The second-order valence-electron chi connectivity index (χ2n) is 8.69. The maximum absolute atomic E-state index is 13.4. The van der Waals surface area contributed by atoms with Crippen LogP contribution in [0.25, 0.3) is 0 Å². The Kier molecular flexibility index (Phi) is 6.01. The summed E-state index contributed by atoms with van der Waals surface area (Å²) in [6.45, 7) is 10.6. The fourth-order valence-corrected chi connectivity index (χ4v) is 4.53. The van der Waals surface area contributed by atoms with Gasteiger partial charge in [0, 0.05) is 57.4 Å². The van der Waals surface area contributed by atoms with Gasteiger partial charge < -0.3 is 14.4 Å². The fraction of sp³-hybridized carbons (Fsp3) is 0.565. The Hall–Kier alpha value is -2.18. The van der Waals surface area contributed by atoms with Gasteiger partial charge in [-0.3, -0.25) is 9.69 Å². The SMILES string of the molecule is CC(C)n1c(C(=O)N2CCCN(C)CC2)nc2c1CCN(Cc1ccccc1)C2. The number of imidazole rings is 1. The van der Waals surface area contributed by atoms with E-state index in [-0.39, 0.29) is 11.9 Å². The number of rotatable bonds is 4. The minimum absolute atomic E-state index is 0.0954. The molecule has 156 valence electrons. The summed E-state index contributed by atoms with van der Waals surface area (Å²) in [6, 6.07) is 10.8. The van der Waals surface area contributed by atoms with E-state index in [9.17, 15) is 4.79 Å². The largest absolute Gasteiger partial charge is 0.335 e. The average molecular weight is 396 g/mol. The van der Waals surface area contributed by atoms with Gasteiger partial charge in [-0.05, 0) is 39.4 Å². The molecule has 6 heteroatoms. The van der Waals surface area contributed by atoms with Crippen molar-refractivity contribution in [1.82, 2.24) is 24.3 Å². The maximum atomic E-state index is 13.4. The zero-order chi connectivity index (χ0) is 20.4. The van der Waals surface area contributed by atoms with Crippen LogP contribution >= 0.6 is 0 Å². The molecule has 2 aromatic rings. The van der Waals surface area contributed by atoms with Gasteiger partial charge in [-0.25, -0.2) is 4.98 Å². The molecule has 1 saturated heterocycles. The standard InChI is InChI=1S/C23H33N5O/c1-18(2)28-21-10-13-26(16-19-8-5-4-6-9-19)17-20(21)24-22(28)23(29)27-12-7-11-25(3)14-15-27/h4-6,8-9,18H,7,10-17H2,1-3H3. The van der Waals surface area contributed by atoms with Gasteiger partial charge in [0.2, 0.25) is 0 Å². The van der Waals surface area contributed by atoms with Crippen molar-refractivity contribution >= 4 is 5.91 Å². The van der Waals surface area contributed by atoms with Crippen molar-refractivity contribution in [2.45, 2.75) is 45.8 Å². The number of benzene rings is 1. The highest BCUT2D eigenvalue weighted by Gasteiger charge is 2.30. The van der Waals surface area contributed by atoms with Crippen LogP contribution in [0, 0.1) is 0 Å². The number of fused-ring (bicyclic) bond motifs is 1. The first-order valence-corrected chi connectivity index (χ1v) is 10.9. The van der Waals surface area contributed by atoms with Gasteiger partial charge in [-0.15, -0.1) is 0 Å². The summed E-state index contributed by atoms with van der Waals surface area (Å²) >= 11 is 0. The van der Waals surface area contributed by atoms with Crippen LogP contribution in [0.15, 0.2) is 30.3 Å². The van der Waals surface area contributed by atoms with Crippen LogP contribution in [0.1, 0.15) is 53.9 Å². The number of aromatic nitrogens is 2. The smallest absolute Gasteiger partial charge is 0.289 e. The molecule has 0 unspecified atom stereocenters. The summed E-state index contributed by atoms with van der Waals surface area (Å²) in [5, 5.41) is 0. The van der Waals surface area contributed by atoms with Crippen LogP contribution in [0.4, 0.5) is 0 Å². The predicted octanol–water partition coefficient (Wildman–Crippen LogP) is 2.80. The van der Waals surface area contributed by atoms with E-state index in [4.69, 9.17) is 4.98 Å². The second-order valence-corrected chi connectivity index (χ2v) is 8.69. The van der Waals surface area contributed by atoms with E-state index in [1.165, 1.54) is 11.3 Å². The zero-order valence-electron chi connectivity index (χ0n) is 18.0. The molecule has 3 heterocycles. The lowest BCUT2D eigenvalue weighted by Gasteiger charge is -2.28. The molecule has 1 fully saturated rings. The number of nitrogens with zero attached hydrogens (tertiary/aromatic N) is 5. The molecule has 0 radical (unpaired) electrons. The summed E-state index contributed by atoms with van der Waals surface area (Å²) in [5.41, 5.74) is 3.65. The lowest BCUT2D eigenvalue weighted by Crippen LogP contribution is -2.36. The van der Waals surface area contributed by atoms with Crippen molar-refractivity contribution in [2.24, 2.45) is 0 Å². The minimum Gasteiger partial charge on any atom is -0.335 e. The molecular weight excluding hydrogens is 362 g/mol. The predicted molar refractivity (Wildman–Crippen MR) is 115 cm³/mol. The first-order chi connectivity index (χ1) is 14.0. The summed E-state index contributed by atoms with van der Waals surface area (Å²) < 4.78 is 2.20. The Morgan fingerprint density at radius 1 is 1.07 bits per heavy atom. The lowest BCUT2D eigenvalue weighted by atomic mass is 10.1. The Morgan fingerprint density at radius 2 is 1.86 bits per heavy atom. The van der Waals surface area contributed by atoms with Gasteiger partial charge in [-0.1, -0.05) is 30.3 Å². The van der Waals surface area contributed by atoms with Crippen molar-refractivity contribution < 1.29 is 4.79 Å². The lowest BCUT2D eigenvalue weighted by molar-refractivity contribution is 0.0743. The van der Waals surface area contributed by atoms with E-state index >= 15 is 0 Å². The Bertz CT molecular complexity index is 844. The molecule has 6 nitrogen and oxygen atoms in total. The molecule has 2 aliphatic heterocycles. The summed E-state index contributed by atoms with van der Waals surface area (Å²) in [4.78, 5) is 25.0. The normalized spacial score (nSPS) is 18.7. The van der Waals surface area contributed by atoms with Crippen LogP contribution < -0.4 is 0 Å². The highest BCUT2D eigenvalue weighted by molar-refractivity contribution is 5.91. The molecule has 0 aliphatic carbocycles. The second kappa shape index (κ2) is 8.67. The number of carbonyl (C=O) groups is 1. The molecule has 1 amide bonds. The molecule has 1 aromatic heterocycles. The zero-order valence-corrected chi connectivity index (χ0v) is 18.0. The van der Waals surface area contributed by atoms with Crippen molar-refractivity contribution in [3.8, 4) is 0 Å². The molecule has 4 rings (SSSR count). The first-order valence-electron chi connectivity index (χ1n) is 10.9. The van der Waals surface area contributed by atoms with Crippen LogP contribution in [-0.2, 0) is 19.5 Å². The summed E-state index contributed by atoms with van der Waals surface area (Å²) in [6.07, 6.45) is 1.97. The van der Waals surface area contributed by atoms with Crippen LogP contribution in [0.3, 0.4) is 0 Å². The van der Waals surface area contributed by atoms with Crippen molar-refractivity contribution in [3.63, 3.8) is 0 Å². The maximum Gasteiger partial charge on any atom is 0.289 e. The molecule has 0 N–H and O–H groups in total. The quantitative estimate of drug-likeness (QED) is 0.799. The molecular formula is C23H33N5O. The van der Waals surface area contributed by atoms with Gasteiger partial charge in [-0.2, -0.15) is 0 Å². The fourth-order valence-electron chi connectivity index (χ4n) is 4.53. The van der Waals surface area contributed by atoms with Gasteiger partial charge in [0.05, 0.1) is 5.69 Å². The van der Waals surface area contributed by atoms with E-state index in [1.54, 1.807) is 0 Å². The van der Waals surface area contributed by atoms with Crippen LogP contribution in [-0.4, -0.2) is 69.9 Å². The van der Waals surface area contributed by atoms with Crippen LogP contribution in [0.5, 0.6) is 0 Å². The van der Waals surface area contributed by atoms with E-state index in [0.29, 0.717) is 5.82 Å². The van der Waals surface area contributed by atoms with Gasteiger partial charge in [0.15, 0.2) is 5.82 Å². The average Bonchev–Trinajstić information content (AvgIpc) is 2.96. The highest BCUT2D eigenvalue weighted by Crippen LogP contribution is 2.26. The number of hydrogen-bond donors (Lipinski definition) is 0. The summed E-state index contributed by atoms with van der Waals surface area (Å²) in [7, 11) is 2.13. The first kappa shape index (κ1) is 20.1. The molecule has 0 saturated carbocycles. The third kappa shape index (κ3) is 4.38. The topological polar surface area (TPSA) is 44.6 Å². The number of hydrogen-bond acceptors (Lipinski definition) is 4. The molecule has 0 spiro atoms. The Labute approximate surface area is 174 Å². The third-order valence-corrected chi connectivity index (χ3v) is 6.09. The monoisotopic (exact) mass is 395 g/mol. The van der Waals surface area contributed by atoms with E-state index in [0.717, 1.165) is 64.3 Å². The van der Waals surface area contributed by atoms with Crippen molar-refractivity contribution in [1.29, 1.82) is 0 Å². The molecule has 2 aliphatic rings. The van der Waals surface area contributed by atoms with Crippen LogP contribution in [0.2, 0.25) is 0 Å². The van der Waals surface area contributed by atoms with E-state index in [1.807, 2.05) is 4.90 Å². The molecule has 1 aromatic carbocycles. The minimum atomic E-state index is 0.0954. The van der Waals surface area contributed by atoms with Gasteiger partial charge >= 0.3 is 0 Å². The highest BCUT2D eigenvalue weighted by atomic mass is 16.2. The molecule has 0 bridgehead atoms. The Morgan fingerprint density at radius 3 is 2.62 bits per heavy atom. The van der Waals surface area contributed by atoms with Crippen molar-refractivity contribution in [3.05, 3.63) is 53.1 Å². The number of carbonyl (C=O) groups excluding carboxylic acids is 1.